The molecule has 5 heteroatoms. The summed E-state index contributed by atoms with van der Waals surface area (Å²) in [5, 5.41) is 0.996. The molecule has 5 rings (SSSR count). The Labute approximate surface area is 188 Å². The molecule has 5 aromatic rings. The quantitative estimate of drug-likeness (QED) is 0.320. The van der Waals surface area contributed by atoms with E-state index < -0.39 is 7.69 Å². The fourth-order valence-electron chi connectivity index (χ4n) is 3.67. The van der Waals surface area contributed by atoms with Crippen molar-refractivity contribution in [1.29, 1.82) is 0 Å². The first kappa shape index (κ1) is 20.0. The lowest BCUT2D eigenvalue weighted by molar-refractivity contribution is 0.853. The van der Waals surface area contributed by atoms with Crippen LogP contribution >= 0.6 is 7.69 Å². The van der Waals surface area contributed by atoms with Gasteiger partial charge in [0.25, 0.3) is 0 Å². The molecule has 0 fully saturated rings. The average Bonchev–Trinajstić information content (AvgIpc) is 3.12. The smallest absolute Gasteiger partial charge is 0.224 e. The maximum atomic E-state index is 5.12. The molecule has 1 atom stereocenters. The summed E-state index contributed by atoms with van der Waals surface area (Å²) in [6.07, 6.45) is 0. The summed E-state index contributed by atoms with van der Waals surface area (Å²) in [6, 6.07) is 41.0. The molecule has 4 nitrogen and oxygen atoms in total. The number of benzene rings is 4. The van der Waals surface area contributed by atoms with Crippen molar-refractivity contribution in [2.45, 2.75) is 0 Å². The SMILES string of the molecule is Cp1/c(=N\c2ccccc2)n(-c2ccccc2)/c(=N\c2ccccc2)n1-c1ccccc1. The van der Waals surface area contributed by atoms with Crippen LogP contribution in [0.3, 0.4) is 0 Å². The highest BCUT2D eigenvalue weighted by molar-refractivity contribution is 7.43. The van der Waals surface area contributed by atoms with Gasteiger partial charge in [-0.2, -0.15) is 0 Å². The molecule has 0 spiro atoms. The van der Waals surface area contributed by atoms with Crippen molar-refractivity contribution in [3.63, 3.8) is 0 Å². The zero-order chi connectivity index (χ0) is 21.8. The van der Waals surface area contributed by atoms with Crippen molar-refractivity contribution < 1.29 is 0 Å². The Morgan fingerprint density at radius 2 is 0.969 bits per heavy atom. The molecule has 0 amide bonds. The predicted molar refractivity (Wildman–Crippen MR) is 132 cm³/mol. The molecule has 0 radical (unpaired) electrons. The largest absolute Gasteiger partial charge is 0.267 e. The second-order valence-electron chi connectivity index (χ2n) is 7.34. The van der Waals surface area contributed by atoms with E-state index in [1.54, 1.807) is 0 Å². The minimum atomic E-state index is -0.812. The molecular weight excluding hydrogens is 411 g/mol. The van der Waals surface area contributed by atoms with Crippen molar-refractivity contribution >= 4 is 19.1 Å². The van der Waals surface area contributed by atoms with Crippen LogP contribution in [0.5, 0.6) is 0 Å². The van der Waals surface area contributed by atoms with Crippen LogP contribution in [-0.2, 0) is 6.66 Å². The maximum absolute atomic E-state index is 5.12. The van der Waals surface area contributed by atoms with E-state index in [9.17, 15) is 0 Å². The highest BCUT2D eigenvalue weighted by atomic mass is 31.1. The van der Waals surface area contributed by atoms with Crippen LogP contribution in [0.2, 0.25) is 0 Å². The highest BCUT2D eigenvalue weighted by Gasteiger charge is 2.15. The van der Waals surface area contributed by atoms with E-state index in [1.807, 2.05) is 72.8 Å². The van der Waals surface area contributed by atoms with Gasteiger partial charge in [0.1, 0.15) is 0 Å². The van der Waals surface area contributed by atoms with Gasteiger partial charge in [-0.15, -0.1) is 0 Å². The van der Waals surface area contributed by atoms with Gasteiger partial charge in [-0.05, 0) is 62.9 Å². The summed E-state index contributed by atoms with van der Waals surface area (Å²) in [4.78, 5) is 10.2. The Bertz CT molecular complexity index is 1450. The lowest BCUT2D eigenvalue weighted by Crippen LogP contribution is -2.28. The van der Waals surface area contributed by atoms with Crippen molar-refractivity contribution in [2.75, 3.05) is 0 Å². The Hall–Kier alpha value is -3.88. The van der Waals surface area contributed by atoms with Crippen LogP contribution in [0.1, 0.15) is 0 Å². The molecule has 0 aliphatic heterocycles. The first-order chi connectivity index (χ1) is 15.8. The first-order valence-corrected chi connectivity index (χ1v) is 12.3. The van der Waals surface area contributed by atoms with Crippen molar-refractivity contribution in [2.24, 2.45) is 16.6 Å². The minimum absolute atomic E-state index is 0.812. The van der Waals surface area contributed by atoms with Gasteiger partial charge in [0.2, 0.25) is 5.62 Å². The lowest BCUT2D eigenvalue weighted by atomic mass is 10.3. The van der Waals surface area contributed by atoms with Gasteiger partial charge < -0.3 is 0 Å². The summed E-state index contributed by atoms with van der Waals surface area (Å²) in [6.45, 7) is 2.24. The standard InChI is InChI=1S/C27H23N4P/c1-32-27(29-23-16-8-3-9-17-23)30(24-18-10-4-11-19-24)26(28-22-14-6-2-7-15-22)31(32)25-20-12-5-13-21-25/h2-21H,1H3/b28-26+,29-27-. The topological polar surface area (TPSA) is 34.6 Å². The molecule has 1 aromatic heterocycles. The van der Waals surface area contributed by atoms with Gasteiger partial charge >= 0.3 is 0 Å². The summed E-state index contributed by atoms with van der Waals surface area (Å²) >= 11 is 0. The molecule has 4 aromatic carbocycles. The number of hydrogen-bond donors (Lipinski definition) is 0. The van der Waals surface area contributed by atoms with Gasteiger partial charge in [-0.1, -0.05) is 72.8 Å². The number of rotatable bonds is 4. The van der Waals surface area contributed by atoms with Crippen molar-refractivity contribution in [3.8, 4) is 11.4 Å². The normalized spacial score (nSPS) is 12.8. The monoisotopic (exact) mass is 434 g/mol. The van der Waals surface area contributed by atoms with Crippen LogP contribution < -0.4 is 10.8 Å². The number of para-hydroxylation sites is 4. The predicted octanol–water partition coefficient (Wildman–Crippen LogP) is 6.26. The van der Waals surface area contributed by atoms with Crippen LogP contribution in [0, 0.1) is 0 Å². The van der Waals surface area contributed by atoms with Crippen molar-refractivity contribution in [3.05, 3.63) is 132 Å². The van der Waals surface area contributed by atoms with E-state index in [1.165, 1.54) is 0 Å². The molecule has 0 saturated heterocycles. The van der Waals surface area contributed by atoms with Gasteiger partial charge in [0.15, 0.2) is 5.22 Å². The third-order valence-electron chi connectivity index (χ3n) is 5.16. The van der Waals surface area contributed by atoms with Gasteiger partial charge in [-0.3, -0.25) is 8.90 Å². The first-order valence-electron chi connectivity index (χ1n) is 10.5. The maximum Gasteiger partial charge on any atom is 0.224 e. The van der Waals surface area contributed by atoms with Crippen LogP contribution in [0.25, 0.3) is 11.4 Å². The summed E-state index contributed by atoms with van der Waals surface area (Å²) in [7, 11) is -0.812. The summed E-state index contributed by atoms with van der Waals surface area (Å²) < 4.78 is 4.51. The zero-order valence-electron chi connectivity index (χ0n) is 17.8. The number of aromatic nitrogens is 2. The third kappa shape index (κ3) is 4.01. The van der Waals surface area contributed by atoms with Crippen LogP contribution in [0.15, 0.2) is 131 Å². The van der Waals surface area contributed by atoms with E-state index in [2.05, 4.69) is 64.1 Å². The minimum Gasteiger partial charge on any atom is -0.267 e. The van der Waals surface area contributed by atoms with E-state index in [-0.39, 0.29) is 0 Å². The summed E-state index contributed by atoms with van der Waals surface area (Å²) in [5.41, 5.74) is 4.86. The Balaban J connectivity index is 1.94. The number of hydrogen-bond acceptors (Lipinski definition) is 2. The van der Waals surface area contributed by atoms with Crippen LogP contribution in [-0.4, -0.2) is 8.90 Å². The molecule has 0 bridgehead atoms. The average molecular weight is 434 g/mol. The molecule has 0 aliphatic carbocycles. The van der Waals surface area contributed by atoms with Crippen molar-refractivity contribution in [1.82, 2.24) is 8.90 Å². The Morgan fingerprint density at radius 1 is 0.531 bits per heavy atom. The fourth-order valence-corrected chi connectivity index (χ4v) is 5.49. The highest BCUT2D eigenvalue weighted by Crippen LogP contribution is 2.23. The molecule has 0 N–H and O–H groups in total. The van der Waals surface area contributed by atoms with Gasteiger partial charge in [-0.25, -0.2) is 9.98 Å². The molecule has 0 saturated carbocycles. The van der Waals surface area contributed by atoms with E-state index in [0.717, 1.165) is 33.6 Å². The van der Waals surface area contributed by atoms with E-state index in [4.69, 9.17) is 9.98 Å². The Morgan fingerprint density at radius 3 is 1.50 bits per heavy atom. The van der Waals surface area contributed by atoms with Gasteiger partial charge in [0, 0.05) is 0 Å². The molecular formula is C27H23N4P. The van der Waals surface area contributed by atoms with Crippen LogP contribution in [0.4, 0.5) is 11.4 Å². The summed E-state index contributed by atoms with van der Waals surface area (Å²) in [5.74, 6) is 0. The van der Waals surface area contributed by atoms with E-state index in [0.29, 0.717) is 0 Å². The second kappa shape index (κ2) is 9.09. The molecule has 1 heterocycles. The fraction of sp³-hybridized carbons (Fsp3) is 0.0370. The molecule has 156 valence electrons. The molecule has 1 unspecified atom stereocenters. The number of nitrogens with zero attached hydrogens (tertiary/aromatic N) is 4. The zero-order valence-corrected chi connectivity index (χ0v) is 18.7. The van der Waals surface area contributed by atoms with Gasteiger partial charge in [0.05, 0.1) is 22.7 Å². The Kier molecular flexibility index (Phi) is 5.69. The third-order valence-corrected chi connectivity index (χ3v) is 7.05. The molecule has 32 heavy (non-hydrogen) atoms. The van der Waals surface area contributed by atoms with E-state index >= 15 is 0 Å². The second-order valence-corrected chi connectivity index (χ2v) is 9.18. The lowest BCUT2D eigenvalue weighted by Gasteiger charge is -2.07. The molecule has 0 aliphatic rings.